The van der Waals surface area contributed by atoms with Crippen molar-refractivity contribution in [2.45, 2.75) is 13.8 Å². The molecule has 0 aliphatic carbocycles. The van der Waals surface area contributed by atoms with Crippen LogP contribution in [-0.4, -0.2) is 4.98 Å². The molecule has 1 aromatic carbocycles. The zero-order chi connectivity index (χ0) is 12.6. The van der Waals surface area contributed by atoms with Gasteiger partial charge in [-0.15, -0.1) is 0 Å². The molecule has 2 nitrogen and oxygen atoms in total. The second kappa shape index (κ2) is 4.13. The number of aromatic nitrogens is 1. The van der Waals surface area contributed by atoms with E-state index in [0.717, 1.165) is 6.07 Å². The molecule has 0 aliphatic rings. The second-order valence-electron chi connectivity index (χ2n) is 3.95. The fraction of sp³-hybridized carbons (Fsp3) is 0.154. The van der Waals surface area contributed by atoms with E-state index in [2.05, 4.69) is 4.98 Å². The first kappa shape index (κ1) is 11.5. The molecule has 88 valence electrons. The number of nitrogens with two attached hydrogens (primary N) is 1. The van der Waals surface area contributed by atoms with Gasteiger partial charge in [-0.1, -0.05) is 0 Å². The lowest BCUT2D eigenvalue weighted by Crippen LogP contribution is -1.97. The van der Waals surface area contributed by atoms with Gasteiger partial charge in [0.05, 0.1) is 17.1 Å². The molecular formula is C13H12F2N2. The van der Waals surface area contributed by atoms with Gasteiger partial charge in [0.1, 0.15) is 11.6 Å². The first-order chi connectivity index (χ1) is 7.99. The Morgan fingerprint density at radius 3 is 2.41 bits per heavy atom. The third-order valence-corrected chi connectivity index (χ3v) is 2.65. The van der Waals surface area contributed by atoms with Crippen LogP contribution in [0.3, 0.4) is 0 Å². The Kier molecular flexibility index (Phi) is 2.79. The van der Waals surface area contributed by atoms with Crippen LogP contribution in [0, 0.1) is 25.5 Å². The Morgan fingerprint density at radius 2 is 1.76 bits per heavy atom. The Bertz CT molecular complexity index is 580. The summed E-state index contributed by atoms with van der Waals surface area (Å²) in [6.07, 6.45) is 0. The lowest BCUT2D eigenvalue weighted by Gasteiger charge is -2.07. The van der Waals surface area contributed by atoms with E-state index in [-0.39, 0.29) is 5.56 Å². The summed E-state index contributed by atoms with van der Waals surface area (Å²) >= 11 is 0. The minimum absolute atomic E-state index is 0.284. The van der Waals surface area contributed by atoms with Crippen molar-refractivity contribution in [3.8, 4) is 11.3 Å². The SMILES string of the molecule is Cc1cc(-c2ccc(N)c(C)n2)c(F)cc1F. The fourth-order valence-electron chi connectivity index (χ4n) is 1.58. The third kappa shape index (κ3) is 2.11. The first-order valence-electron chi connectivity index (χ1n) is 5.18. The molecule has 4 heteroatoms. The average molecular weight is 234 g/mol. The lowest BCUT2D eigenvalue weighted by atomic mass is 10.1. The minimum Gasteiger partial charge on any atom is -0.397 e. The van der Waals surface area contributed by atoms with E-state index in [1.165, 1.54) is 6.07 Å². The lowest BCUT2D eigenvalue weighted by molar-refractivity contribution is 0.579. The Balaban J connectivity index is 2.60. The van der Waals surface area contributed by atoms with Crippen molar-refractivity contribution in [3.63, 3.8) is 0 Å². The number of anilines is 1. The van der Waals surface area contributed by atoms with Gasteiger partial charge in [0.25, 0.3) is 0 Å². The monoisotopic (exact) mass is 234 g/mol. The van der Waals surface area contributed by atoms with Crippen LogP contribution >= 0.6 is 0 Å². The average Bonchev–Trinajstić information content (AvgIpc) is 2.27. The molecule has 2 N–H and O–H groups in total. The van der Waals surface area contributed by atoms with E-state index in [0.29, 0.717) is 22.6 Å². The van der Waals surface area contributed by atoms with Crippen LogP contribution in [0.2, 0.25) is 0 Å². The van der Waals surface area contributed by atoms with Gasteiger partial charge in [-0.2, -0.15) is 0 Å². The molecule has 1 aromatic heterocycles. The summed E-state index contributed by atoms with van der Waals surface area (Å²) in [5.74, 6) is -1.18. The predicted molar refractivity (Wildman–Crippen MR) is 63.5 cm³/mol. The molecular weight excluding hydrogens is 222 g/mol. The molecule has 0 aliphatic heterocycles. The largest absolute Gasteiger partial charge is 0.397 e. The summed E-state index contributed by atoms with van der Waals surface area (Å²) in [5, 5.41) is 0. The predicted octanol–water partition coefficient (Wildman–Crippen LogP) is 3.23. The molecule has 0 atom stereocenters. The molecule has 17 heavy (non-hydrogen) atoms. The van der Waals surface area contributed by atoms with Gasteiger partial charge < -0.3 is 5.73 Å². The van der Waals surface area contributed by atoms with Crippen molar-refractivity contribution >= 4 is 5.69 Å². The quantitative estimate of drug-likeness (QED) is 0.822. The van der Waals surface area contributed by atoms with Crippen LogP contribution < -0.4 is 5.73 Å². The molecule has 0 amide bonds. The van der Waals surface area contributed by atoms with Gasteiger partial charge in [-0.25, -0.2) is 8.78 Å². The number of hydrogen-bond donors (Lipinski definition) is 1. The fourth-order valence-corrected chi connectivity index (χ4v) is 1.58. The molecule has 2 rings (SSSR count). The summed E-state index contributed by atoms with van der Waals surface area (Å²) in [6, 6.07) is 5.61. The maximum atomic E-state index is 13.6. The van der Waals surface area contributed by atoms with Crippen LogP contribution in [0.25, 0.3) is 11.3 Å². The molecule has 0 spiro atoms. The summed E-state index contributed by atoms with van der Waals surface area (Å²) in [4.78, 5) is 4.19. The van der Waals surface area contributed by atoms with Crippen molar-refractivity contribution in [1.29, 1.82) is 0 Å². The number of nitrogens with zero attached hydrogens (tertiary/aromatic N) is 1. The van der Waals surface area contributed by atoms with Crippen LogP contribution in [0.15, 0.2) is 24.3 Å². The number of benzene rings is 1. The van der Waals surface area contributed by atoms with Crippen molar-refractivity contribution in [2.24, 2.45) is 0 Å². The Hall–Kier alpha value is -1.97. The standard InChI is InChI=1S/C13H12F2N2/c1-7-5-9(11(15)6-10(7)14)13-4-3-12(16)8(2)17-13/h3-6H,16H2,1-2H3. The summed E-state index contributed by atoms with van der Waals surface area (Å²) in [7, 11) is 0. The van der Waals surface area contributed by atoms with E-state index in [1.54, 1.807) is 26.0 Å². The van der Waals surface area contributed by atoms with Crippen LogP contribution in [-0.2, 0) is 0 Å². The molecule has 0 saturated carbocycles. The van der Waals surface area contributed by atoms with Crippen LogP contribution in [0.4, 0.5) is 14.5 Å². The summed E-state index contributed by atoms with van der Waals surface area (Å²) < 4.78 is 26.8. The molecule has 1 heterocycles. The van der Waals surface area contributed by atoms with Gasteiger partial charge in [0.2, 0.25) is 0 Å². The number of aryl methyl sites for hydroxylation is 2. The van der Waals surface area contributed by atoms with Crippen LogP contribution in [0.5, 0.6) is 0 Å². The third-order valence-electron chi connectivity index (χ3n) is 2.65. The summed E-state index contributed by atoms with van der Waals surface area (Å²) in [6.45, 7) is 3.33. The number of halogens is 2. The zero-order valence-electron chi connectivity index (χ0n) is 9.59. The van der Waals surface area contributed by atoms with E-state index in [4.69, 9.17) is 5.73 Å². The molecule has 0 radical (unpaired) electrons. The summed E-state index contributed by atoms with van der Waals surface area (Å²) in [5.41, 5.74) is 7.95. The zero-order valence-corrected chi connectivity index (χ0v) is 9.59. The van der Waals surface area contributed by atoms with Crippen LogP contribution in [0.1, 0.15) is 11.3 Å². The van der Waals surface area contributed by atoms with Crippen molar-refractivity contribution in [3.05, 3.63) is 47.2 Å². The highest BCUT2D eigenvalue weighted by molar-refractivity contribution is 5.63. The van der Waals surface area contributed by atoms with E-state index < -0.39 is 11.6 Å². The van der Waals surface area contributed by atoms with Gasteiger partial charge in [0, 0.05) is 11.6 Å². The van der Waals surface area contributed by atoms with Gasteiger partial charge in [0.15, 0.2) is 0 Å². The molecule has 2 aromatic rings. The highest BCUT2D eigenvalue weighted by Gasteiger charge is 2.11. The molecule has 0 bridgehead atoms. The minimum atomic E-state index is -0.621. The first-order valence-corrected chi connectivity index (χ1v) is 5.18. The van der Waals surface area contributed by atoms with E-state index in [1.807, 2.05) is 0 Å². The van der Waals surface area contributed by atoms with E-state index >= 15 is 0 Å². The number of hydrogen-bond acceptors (Lipinski definition) is 2. The molecule has 0 fully saturated rings. The number of nitrogen functional groups attached to an aromatic ring is 1. The number of rotatable bonds is 1. The molecule has 0 saturated heterocycles. The van der Waals surface area contributed by atoms with Gasteiger partial charge in [-0.05, 0) is 37.6 Å². The smallest absolute Gasteiger partial charge is 0.135 e. The second-order valence-corrected chi connectivity index (χ2v) is 3.95. The number of pyridine rings is 1. The van der Waals surface area contributed by atoms with Gasteiger partial charge >= 0.3 is 0 Å². The highest BCUT2D eigenvalue weighted by Crippen LogP contribution is 2.25. The van der Waals surface area contributed by atoms with Gasteiger partial charge in [-0.3, -0.25) is 4.98 Å². The molecule has 0 unspecified atom stereocenters. The maximum Gasteiger partial charge on any atom is 0.135 e. The van der Waals surface area contributed by atoms with Crippen molar-refractivity contribution in [1.82, 2.24) is 4.98 Å². The Morgan fingerprint density at radius 1 is 1.06 bits per heavy atom. The Labute approximate surface area is 98.1 Å². The maximum absolute atomic E-state index is 13.6. The van der Waals surface area contributed by atoms with Crippen molar-refractivity contribution < 1.29 is 8.78 Å². The topological polar surface area (TPSA) is 38.9 Å². The normalized spacial score (nSPS) is 10.6. The van der Waals surface area contributed by atoms with E-state index in [9.17, 15) is 8.78 Å². The highest BCUT2D eigenvalue weighted by atomic mass is 19.1. The van der Waals surface area contributed by atoms with Crippen molar-refractivity contribution in [2.75, 3.05) is 5.73 Å².